The van der Waals surface area contributed by atoms with Crippen molar-refractivity contribution >= 4 is 51.2 Å². The average Bonchev–Trinajstić information content (AvgIpc) is 3.79. The van der Waals surface area contributed by atoms with Crippen molar-refractivity contribution in [3.63, 3.8) is 0 Å². The van der Waals surface area contributed by atoms with Crippen LogP contribution in [0.15, 0.2) is 53.7 Å². The highest BCUT2D eigenvalue weighted by atomic mass is 127. The fourth-order valence-corrected chi connectivity index (χ4v) is 6.45. The summed E-state index contributed by atoms with van der Waals surface area (Å²) in [6, 6.07) is 11.4. The second kappa shape index (κ2) is 11.6. The van der Waals surface area contributed by atoms with Crippen molar-refractivity contribution in [2.45, 2.75) is 57.9 Å². The number of nitrogens with one attached hydrogen (secondary N) is 2. The van der Waals surface area contributed by atoms with E-state index in [1.54, 1.807) is 10.6 Å². The molecule has 0 saturated heterocycles. The molecule has 2 atom stereocenters. The Morgan fingerprint density at radius 2 is 1.97 bits per heavy atom. The van der Waals surface area contributed by atoms with Gasteiger partial charge in [0.2, 0.25) is 0 Å². The molecule has 196 valence electrons. The first-order chi connectivity index (χ1) is 18.6. The number of nitrogens with zero attached hydrogens (tertiary/aromatic N) is 3. The number of hydrogen-bond acceptors (Lipinski definition) is 5. The van der Waals surface area contributed by atoms with Crippen LogP contribution in [-0.2, 0) is 6.42 Å². The number of hydrogen-bond donors (Lipinski definition) is 2. The number of benzene rings is 2. The van der Waals surface area contributed by atoms with E-state index in [0.717, 1.165) is 54.4 Å². The lowest BCUT2D eigenvalue weighted by atomic mass is 9.85. The van der Waals surface area contributed by atoms with E-state index in [1.165, 1.54) is 12.5 Å². The van der Waals surface area contributed by atoms with Crippen LogP contribution < -0.4 is 10.6 Å². The molecule has 6 rings (SSSR count). The molecule has 2 aromatic heterocycles. The molecule has 4 aromatic rings. The van der Waals surface area contributed by atoms with Crippen LogP contribution in [0.2, 0.25) is 0 Å². The molecule has 0 spiro atoms. The number of pyridine rings is 1. The van der Waals surface area contributed by atoms with E-state index >= 15 is 4.39 Å². The third-order valence-corrected chi connectivity index (χ3v) is 8.42. The average molecular weight is 641 g/mol. The molecule has 0 bridgehead atoms. The van der Waals surface area contributed by atoms with Gasteiger partial charge in [0.25, 0.3) is 5.56 Å². The lowest BCUT2D eigenvalue weighted by molar-refractivity contribution is 0.479. The summed E-state index contributed by atoms with van der Waals surface area (Å²) >= 11 is 2.23. The monoisotopic (exact) mass is 641 g/mol. The molecular formula is C29H30FIN5OP. The Labute approximate surface area is 236 Å². The van der Waals surface area contributed by atoms with Crippen LogP contribution in [0.5, 0.6) is 0 Å². The van der Waals surface area contributed by atoms with Crippen molar-refractivity contribution in [3.05, 3.63) is 87.3 Å². The zero-order valence-electron chi connectivity index (χ0n) is 21.4. The van der Waals surface area contributed by atoms with Gasteiger partial charge in [-0.05, 0) is 100 Å². The normalized spacial score (nSPS) is 16.7. The molecule has 38 heavy (non-hydrogen) atoms. The molecule has 1 saturated carbocycles. The van der Waals surface area contributed by atoms with Gasteiger partial charge in [0.1, 0.15) is 18.0 Å². The van der Waals surface area contributed by atoms with Crippen LogP contribution in [0.3, 0.4) is 0 Å². The predicted molar refractivity (Wildman–Crippen MR) is 164 cm³/mol. The molecule has 0 amide bonds. The molecule has 2 aromatic carbocycles. The Morgan fingerprint density at radius 3 is 2.71 bits per heavy atom. The predicted octanol–water partition coefficient (Wildman–Crippen LogP) is 7.78. The van der Waals surface area contributed by atoms with Gasteiger partial charge in [0.05, 0.1) is 22.7 Å². The van der Waals surface area contributed by atoms with E-state index in [4.69, 9.17) is 5.41 Å². The van der Waals surface area contributed by atoms with Gasteiger partial charge in [-0.25, -0.2) is 14.4 Å². The maximum absolute atomic E-state index is 15.1. The van der Waals surface area contributed by atoms with Crippen LogP contribution in [0.1, 0.15) is 73.7 Å². The number of aromatic nitrogens is 3. The van der Waals surface area contributed by atoms with Crippen molar-refractivity contribution in [3.8, 4) is 11.3 Å². The first kappa shape index (κ1) is 26.9. The summed E-state index contributed by atoms with van der Waals surface area (Å²) in [6.45, 7) is 4.00. The summed E-state index contributed by atoms with van der Waals surface area (Å²) in [6.07, 6.45) is 9.90. The molecule has 0 aliphatic heterocycles. The molecule has 1 fully saturated rings. The fourth-order valence-electron chi connectivity index (χ4n) is 5.39. The summed E-state index contributed by atoms with van der Waals surface area (Å²) in [5.41, 5.74) is 5.24. The Morgan fingerprint density at radius 1 is 1.16 bits per heavy atom. The second-order valence-corrected chi connectivity index (χ2v) is 11.5. The van der Waals surface area contributed by atoms with Crippen molar-refractivity contribution in [2.24, 2.45) is 0 Å². The maximum Gasteiger partial charge on any atom is 0.261 e. The number of aryl methyl sites for hydroxylation is 1. The molecule has 0 radical (unpaired) electrons. The number of rotatable bonds is 6. The van der Waals surface area contributed by atoms with Crippen molar-refractivity contribution in [1.82, 2.24) is 14.5 Å². The minimum absolute atomic E-state index is 0.146. The summed E-state index contributed by atoms with van der Waals surface area (Å²) in [7, 11) is 0. The summed E-state index contributed by atoms with van der Waals surface area (Å²) in [4.78, 5) is 22.3. The highest BCUT2D eigenvalue weighted by Crippen LogP contribution is 2.41. The largest absolute Gasteiger partial charge is 0.343 e. The van der Waals surface area contributed by atoms with Crippen LogP contribution in [0, 0.1) is 11.2 Å². The Balaban J connectivity index is 0.00000144. The van der Waals surface area contributed by atoms with Crippen LogP contribution in [-0.4, -0.2) is 20.7 Å². The number of halogens is 2. The molecule has 6 nitrogen and oxygen atoms in total. The van der Waals surface area contributed by atoms with Gasteiger partial charge in [-0.1, -0.05) is 32.0 Å². The second-order valence-electron chi connectivity index (χ2n) is 9.44. The van der Waals surface area contributed by atoms with E-state index in [9.17, 15) is 4.79 Å². The Bertz CT molecular complexity index is 1570. The fraction of sp³-hybridized carbons (Fsp3) is 0.310. The van der Waals surface area contributed by atoms with E-state index < -0.39 is 5.82 Å². The zero-order valence-corrected chi connectivity index (χ0v) is 24.5. The van der Waals surface area contributed by atoms with E-state index in [2.05, 4.69) is 49.2 Å². The summed E-state index contributed by atoms with van der Waals surface area (Å²) < 4.78 is 16.8. The maximum atomic E-state index is 15.1. The van der Waals surface area contributed by atoms with Crippen molar-refractivity contribution in [1.29, 1.82) is 5.41 Å². The van der Waals surface area contributed by atoms with Crippen molar-refractivity contribution < 1.29 is 4.39 Å². The van der Waals surface area contributed by atoms with Gasteiger partial charge in [-0.2, -0.15) is 0 Å². The van der Waals surface area contributed by atoms with Gasteiger partial charge in [0, 0.05) is 24.3 Å². The SMILES string of the molecule is CC.N=Cc1c(NPI)ncnc1-c1ccc2c(c1)CCCC2n1ccc2cc(C3CC3)cc(F)c2c1=O. The first-order valence-corrected chi connectivity index (χ1v) is 17.1. The molecule has 2 aliphatic rings. The molecule has 9 heteroatoms. The van der Waals surface area contributed by atoms with Gasteiger partial charge < -0.3 is 15.1 Å². The molecule has 2 N–H and O–H groups in total. The van der Waals surface area contributed by atoms with Gasteiger partial charge >= 0.3 is 0 Å². The topological polar surface area (TPSA) is 83.7 Å². The molecule has 2 heterocycles. The summed E-state index contributed by atoms with van der Waals surface area (Å²) in [5.74, 6) is 0.662. The van der Waals surface area contributed by atoms with Gasteiger partial charge in [0.15, 0.2) is 0 Å². The molecular weight excluding hydrogens is 611 g/mol. The minimum atomic E-state index is -0.417. The van der Waals surface area contributed by atoms with E-state index in [0.29, 0.717) is 34.8 Å². The van der Waals surface area contributed by atoms with Gasteiger partial charge in [-0.15, -0.1) is 0 Å². The van der Waals surface area contributed by atoms with E-state index in [-0.39, 0.29) is 17.0 Å². The highest BCUT2D eigenvalue weighted by molar-refractivity contribution is 14.2. The third-order valence-electron chi connectivity index (χ3n) is 7.28. The van der Waals surface area contributed by atoms with Crippen LogP contribution in [0.25, 0.3) is 22.0 Å². The lowest BCUT2D eigenvalue weighted by Gasteiger charge is -2.28. The van der Waals surface area contributed by atoms with Gasteiger partial charge in [-0.3, -0.25) is 4.79 Å². The minimum Gasteiger partial charge on any atom is -0.343 e. The van der Waals surface area contributed by atoms with Crippen molar-refractivity contribution in [2.75, 3.05) is 5.09 Å². The Kier molecular flexibility index (Phi) is 8.19. The molecule has 2 aliphatic carbocycles. The standard InChI is InChI=1S/C27H24FIN5OP.C2H6/c28-22-12-19(15-4-5-15)11-17-8-9-34(27(35)24(17)22)23-3-1-2-16-10-18(6-7-20(16)23)25-21(13-30)26(33-36-29)32-14-31-25;1-2/h6-15,23,30,36H,1-5H2,(H,31,32,33);1-2H3. The Hall–Kier alpha value is -2.71. The summed E-state index contributed by atoms with van der Waals surface area (Å²) in [5, 5.41) is 12.0. The van der Waals surface area contributed by atoms with Crippen LogP contribution in [0.4, 0.5) is 10.2 Å². The van der Waals surface area contributed by atoms with E-state index in [1.807, 2.05) is 38.2 Å². The number of fused-ring (bicyclic) bond motifs is 2. The first-order valence-electron chi connectivity index (χ1n) is 13.0. The lowest BCUT2D eigenvalue weighted by Crippen LogP contribution is -2.28. The quantitative estimate of drug-likeness (QED) is 0.128. The highest BCUT2D eigenvalue weighted by Gasteiger charge is 2.27. The van der Waals surface area contributed by atoms with Crippen LogP contribution >= 0.6 is 28.4 Å². The smallest absolute Gasteiger partial charge is 0.261 e. The zero-order chi connectivity index (χ0) is 26.8. The molecule has 2 unspecified atom stereocenters. The number of anilines is 1. The third kappa shape index (κ3) is 5.00.